The third kappa shape index (κ3) is 4.84. The summed E-state index contributed by atoms with van der Waals surface area (Å²) in [5.74, 6) is -1.06. The lowest BCUT2D eigenvalue weighted by Crippen LogP contribution is -2.30. The Morgan fingerprint density at radius 1 is 1.20 bits per heavy atom. The first-order valence-corrected chi connectivity index (χ1v) is 12.0. The summed E-state index contributed by atoms with van der Waals surface area (Å²) < 4.78 is 35.0. The zero-order valence-electron chi connectivity index (χ0n) is 17.4. The van der Waals surface area contributed by atoms with Crippen molar-refractivity contribution in [2.45, 2.75) is 57.5 Å². The summed E-state index contributed by atoms with van der Waals surface area (Å²) in [6, 6.07) is 6.08. The number of carbonyl (C=O) groups excluding carboxylic acids is 2. The number of aryl methyl sites for hydroxylation is 1. The summed E-state index contributed by atoms with van der Waals surface area (Å²) in [6.45, 7) is 6.85. The van der Waals surface area contributed by atoms with E-state index >= 15 is 0 Å². The topological polar surface area (TPSA) is 94.5 Å². The monoisotopic (exact) mass is 496 g/mol. The molecular weight excluding hydrogens is 472 g/mol. The van der Waals surface area contributed by atoms with Gasteiger partial charge in [-0.1, -0.05) is 0 Å². The van der Waals surface area contributed by atoms with E-state index in [9.17, 15) is 18.0 Å². The standard InChI is InChI=1S/C21H25BrN2O5S/c1-12(2)23-30(27,28)16-7-8-19(22)18(10-16)21(26)29-11-20(25)17-9-13(3)24(14(17)4)15-5-6-15/h7-10,12,15,23H,5-6,11H2,1-4H3. The van der Waals surface area contributed by atoms with E-state index in [1.165, 1.54) is 18.2 Å². The number of sulfonamides is 1. The molecule has 7 nitrogen and oxygen atoms in total. The number of hydrogen-bond donors (Lipinski definition) is 1. The fourth-order valence-corrected chi connectivity index (χ4v) is 5.13. The molecule has 162 valence electrons. The van der Waals surface area contributed by atoms with Crippen LogP contribution < -0.4 is 4.72 Å². The van der Waals surface area contributed by atoms with Crippen LogP contribution in [0.25, 0.3) is 0 Å². The van der Waals surface area contributed by atoms with Crippen LogP contribution in [0, 0.1) is 13.8 Å². The smallest absolute Gasteiger partial charge is 0.339 e. The van der Waals surface area contributed by atoms with E-state index in [-0.39, 0.29) is 22.3 Å². The second-order valence-electron chi connectivity index (χ2n) is 7.80. The quantitative estimate of drug-likeness (QED) is 0.441. The lowest BCUT2D eigenvalue weighted by Gasteiger charge is -2.12. The Kier molecular flexibility index (Phi) is 6.54. The van der Waals surface area contributed by atoms with Gasteiger partial charge >= 0.3 is 5.97 Å². The maximum atomic E-state index is 12.6. The number of ketones is 1. The predicted molar refractivity (Wildman–Crippen MR) is 116 cm³/mol. The third-order valence-electron chi connectivity index (χ3n) is 4.89. The number of Topliss-reactive ketones (excluding diaryl/α,β-unsaturated/α-hetero) is 1. The fourth-order valence-electron chi connectivity index (χ4n) is 3.45. The molecule has 3 rings (SSSR count). The lowest BCUT2D eigenvalue weighted by molar-refractivity contribution is 0.0473. The predicted octanol–water partition coefficient (Wildman–Crippen LogP) is 3.93. The fraction of sp³-hybridized carbons (Fsp3) is 0.429. The SMILES string of the molecule is Cc1cc(C(=O)COC(=O)c2cc(S(=O)(=O)NC(C)C)ccc2Br)c(C)n1C1CC1. The van der Waals surface area contributed by atoms with Crippen LogP contribution in [0.15, 0.2) is 33.6 Å². The molecule has 1 aliphatic carbocycles. The van der Waals surface area contributed by atoms with Crippen molar-refractivity contribution in [2.24, 2.45) is 0 Å². The number of nitrogens with zero attached hydrogens (tertiary/aromatic N) is 1. The van der Waals surface area contributed by atoms with Gasteiger partial charge in [-0.15, -0.1) is 0 Å². The van der Waals surface area contributed by atoms with Crippen molar-refractivity contribution in [3.05, 3.63) is 51.3 Å². The molecule has 1 saturated carbocycles. The molecular formula is C21H25BrN2O5S. The van der Waals surface area contributed by atoms with Crippen molar-refractivity contribution in [1.82, 2.24) is 9.29 Å². The summed E-state index contributed by atoms with van der Waals surface area (Å²) in [7, 11) is -3.76. The second-order valence-corrected chi connectivity index (χ2v) is 10.4. The van der Waals surface area contributed by atoms with Gasteiger partial charge in [0.2, 0.25) is 15.8 Å². The molecule has 0 spiro atoms. The van der Waals surface area contributed by atoms with Gasteiger partial charge in [0.15, 0.2) is 6.61 Å². The van der Waals surface area contributed by atoms with E-state index < -0.39 is 22.6 Å². The molecule has 1 aliphatic rings. The molecule has 1 aromatic carbocycles. The molecule has 9 heteroatoms. The van der Waals surface area contributed by atoms with Crippen LogP contribution in [0.2, 0.25) is 0 Å². The van der Waals surface area contributed by atoms with Crippen LogP contribution in [-0.4, -0.2) is 37.4 Å². The number of benzene rings is 1. The van der Waals surface area contributed by atoms with Crippen LogP contribution >= 0.6 is 15.9 Å². The average molecular weight is 497 g/mol. The third-order valence-corrected chi connectivity index (χ3v) is 7.24. The molecule has 0 amide bonds. The molecule has 0 radical (unpaired) electrons. The van der Waals surface area contributed by atoms with Crippen molar-refractivity contribution in [2.75, 3.05) is 6.61 Å². The number of halogens is 1. The first kappa shape index (κ1) is 22.7. The van der Waals surface area contributed by atoms with Gasteiger partial charge in [-0.2, -0.15) is 0 Å². The Morgan fingerprint density at radius 2 is 1.87 bits per heavy atom. The molecule has 1 fully saturated rings. The van der Waals surface area contributed by atoms with E-state index in [0.717, 1.165) is 24.2 Å². The number of rotatable bonds is 8. The van der Waals surface area contributed by atoms with E-state index in [4.69, 9.17) is 4.74 Å². The Balaban J connectivity index is 1.74. The largest absolute Gasteiger partial charge is 0.454 e. The van der Waals surface area contributed by atoms with Crippen LogP contribution in [0.5, 0.6) is 0 Å². The number of ether oxygens (including phenoxy) is 1. The van der Waals surface area contributed by atoms with Gasteiger partial charge in [-0.3, -0.25) is 4.79 Å². The normalized spacial score (nSPS) is 14.2. The molecule has 1 heterocycles. The van der Waals surface area contributed by atoms with Gasteiger partial charge in [0.05, 0.1) is 10.5 Å². The highest BCUT2D eigenvalue weighted by molar-refractivity contribution is 9.10. The maximum absolute atomic E-state index is 12.6. The van der Waals surface area contributed by atoms with E-state index in [1.807, 2.05) is 19.9 Å². The minimum Gasteiger partial charge on any atom is -0.454 e. The van der Waals surface area contributed by atoms with Gasteiger partial charge in [-0.25, -0.2) is 17.9 Å². The summed E-state index contributed by atoms with van der Waals surface area (Å²) in [5, 5.41) is 0. The van der Waals surface area contributed by atoms with Gasteiger partial charge in [-0.05, 0) is 80.7 Å². The zero-order valence-corrected chi connectivity index (χ0v) is 19.8. The Bertz CT molecular complexity index is 1100. The molecule has 1 aromatic heterocycles. The number of hydrogen-bond acceptors (Lipinski definition) is 5. The van der Waals surface area contributed by atoms with Crippen molar-refractivity contribution in [3.63, 3.8) is 0 Å². The first-order chi connectivity index (χ1) is 14.0. The zero-order chi connectivity index (χ0) is 22.2. The van der Waals surface area contributed by atoms with Crippen molar-refractivity contribution in [1.29, 1.82) is 0 Å². The molecule has 0 unspecified atom stereocenters. The number of carbonyl (C=O) groups is 2. The summed E-state index contributed by atoms with van der Waals surface area (Å²) in [4.78, 5) is 25.1. The summed E-state index contributed by atoms with van der Waals surface area (Å²) >= 11 is 3.24. The Hall–Kier alpha value is -1.97. The molecule has 1 N–H and O–H groups in total. The first-order valence-electron chi connectivity index (χ1n) is 9.72. The van der Waals surface area contributed by atoms with Crippen molar-refractivity contribution >= 4 is 37.7 Å². The highest BCUT2D eigenvalue weighted by atomic mass is 79.9. The van der Waals surface area contributed by atoms with Gasteiger partial charge in [0.25, 0.3) is 0 Å². The minimum atomic E-state index is -3.76. The molecule has 2 aromatic rings. The van der Waals surface area contributed by atoms with Gasteiger partial charge in [0.1, 0.15) is 0 Å². The molecule has 0 saturated heterocycles. The van der Waals surface area contributed by atoms with E-state index in [1.54, 1.807) is 13.8 Å². The highest BCUT2D eigenvalue weighted by Crippen LogP contribution is 2.38. The Morgan fingerprint density at radius 3 is 2.47 bits per heavy atom. The molecule has 30 heavy (non-hydrogen) atoms. The van der Waals surface area contributed by atoms with Crippen LogP contribution in [0.1, 0.15) is 64.8 Å². The molecule has 0 atom stereocenters. The number of aromatic nitrogens is 1. The average Bonchev–Trinajstić information content (AvgIpc) is 3.43. The summed E-state index contributed by atoms with van der Waals surface area (Å²) in [6.07, 6.45) is 2.22. The van der Waals surface area contributed by atoms with Gasteiger partial charge < -0.3 is 9.30 Å². The second kappa shape index (κ2) is 8.64. The Labute approximate surface area is 185 Å². The van der Waals surface area contributed by atoms with Crippen LogP contribution in [-0.2, 0) is 14.8 Å². The number of nitrogens with one attached hydrogen (secondary N) is 1. The number of esters is 1. The van der Waals surface area contributed by atoms with Crippen LogP contribution in [0.3, 0.4) is 0 Å². The van der Waals surface area contributed by atoms with Crippen molar-refractivity contribution in [3.8, 4) is 0 Å². The van der Waals surface area contributed by atoms with Gasteiger partial charge in [0, 0.05) is 33.5 Å². The molecule has 0 bridgehead atoms. The molecule has 0 aliphatic heterocycles. The van der Waals surface area contributed by atoms with Crippen molar-refractivity contribution < 1.29 is 22.7 Å². The van der Waals surface area contributed by atoms with E-state index in [0.29, 0.717) is 16.1 Å². The van der Waals surface area contributed by atoms with E-state index in [2.05, 4.69) is 25.2 Å². The highest BCUT2D eigenvalue weighted by Gasteiger charge is 2.28. The summed E-state index contributed by atoms with van der Waals surface area (Å²) in [5.41, 5.74) is 2.48. The maximum Gasteiger partial charge on any atom is 0.339 e. The van der Waals surface area contributed by atoms with Crippen LogP contribution in [0.4, 0.5) is 0 Å². The lowest BCUT2D eigenvalue weighted by atomic mass is 10.1. The minimum absolute atomic E-state index is 0.0397.